The van der Waals surface area contributed by atoms with Gasteiger partial charge in [0.15, 0.2) is 0 Å². The largest absolute Gasteiger partial charge is 0.479 e. The summed E-state index contributed by atoms with van der Waals surface area (Å²) in [6, 6.07) is 16.4. The van der Waals surface area contributed by atoms with Gasteiger partial charge in [0, 0.05) is 13.0 Å². The zero-order valence-electron chi connectivity index (χ0n) is 16.5. The van der Waals surface area contributed by atoms with Gasteiger partial charge < -0.3 is 9.84 Å². The minimum absolute atomic E-state index is 0.0236. The lowest BCUT2D eigenvalue weighted by atomic mass is 9.80. The molecule has 1 amide bonds. The molecule has 0 heterocycles. The maximum absolute atomic E-state index is 12.9. The van der Waals surface area contributed by atoms with Crippen LogP contribution < -0.4 is 0 Å². The number of likely N-dealkylation sites (N-methyl/N-ethyl adjacent to an activating group) is 1. The summed E-state index contributed by atoms with van der Waals surface area (Å²) in [7, 11) is 1.59. The molecule has 5 heteroatoms. The van der Waals surface area contributed by atoms with Crippen molar-refractivity contribution in [3.05, 3.63) is 59.7 Å². The molecule has 3 aliphatic carbocycles. The summed E-state index contributed by atoms with van der Waals surface area (Å²) in [6.07, 6.45) is 2.83. The zero-order valence-corrected chi connectivity index (χ0v) is 16.5. The second kappa shape index (κ2) is 6.61. The van der Waals surface area contributed by atoms with Crippen molar-refractivity contribution < 1.29 is 19.4 Å². The molecule has 0 radical (unpaired) electrons. The van der Waals surface area contributed by atoms with Crippen LogP contribution >= 0.6 is 0 Å². The topological polar surface area (TPSA) is 66.8 Å². The van der Waals surface area contributed by atoms with Crippen molar-refractivity contribution in [2.24, 2.45) is 11.8 Å². The van der Waals surface area contributed by atoms with Crippen LogP contribution in [0.1, 0.15) is 42.7 Å². The molecule has 0 aliphatic heterocycles. The molecule has 3 atom stereocenters. The monoisotopic (exact) mass is 391 g/mol. The summed E-state index contributed by atoms with van der Waals surface area (Å²) in [6.45, 7) is 0.209. The predicted molar refractivity (Wildman–Crippen MR) is 109 cm³/mol. The number of carboxylic acids is 1. The van der Waals surface area contributed by atoms with Crippen molar-refractivity contribution in [3.8, 4) is 11.1 Å². The van der Waals surface area contributed by atoms with Crippen molar-refractivity contribution in [2.75, 3.05) is 13.7 Å². The average Bonchev–Trinajstić information content (AvgIpc) is 3.43. The molecule has 2 saturated carbocycles. The first-order valence-corrected chi connectivity index (χ1v) is 10.3. The third-order valence-electron chi connectivity index (χ3n) is 7.40. The van der Waals surface area contributed by atoms with Crippen LogP contribution in [0, 0.1) is 11.8 Å². The van der Waals surface area contributed by atoms with E-state index in [1.807, 2.05) is 24.3 Å². The highest BCUT2D eigenvalue weighted by molar-refractivity contribution is 5.85. The molecule has 29 heavy (non-hydrogen) atoms. The Hall–Kier alpha value is -2.82. The summed E-state index contributed by atoms with van der Waals surface area (Å²) in [4.78, 5) is 26.5. The van der Waals surface area contributed by atoms with Crippen molar-refractivity contribution in [1.29, 1.82) is 0 Å². The van der Waals surface area contributed by atoms with E-state index < -0.39 is 17.6 Å². The number of ether oxygens (including phenoxy) is 1. The normalized spacial score (nSPS) is 26.8. The highest BCUT2D eigenvalue weighted by Crippen LogP contribution is 2.53. The van der Waals surface area contributed by atoms with Crippen molar-refractivity contribution in [3.63, 3.8) is 0 Å². The van der Waals surface area contributed by atoms with Gasteiger partial charge in [-0.05, 0) is 59.8 Å². The highest BCUT2D eigenvalue weighted by Gasteiger charge is 2.60. The van der Waals surface area contributed by atoms with E-state index in [-0.39, 0.29) is 18.4 Å². The second-order valence-corrected chi connectivity index (χ2v) is 8.67. The molecule has 0 saturated heterocycles. The lowest BCUT2D eigenvalue weighted by Gasteiger charge is -2.40. The van der Waals surface area contributed by atoms with Crippen LogP contribution in [-0.2, 0) is 9.53 Å². The Labute approximate surface area is 170 Å². The van der Waals surface area contributed by atoms with Gasteiger partial charge in [-0.3, -0.25) is 4.90 Å². The molecule has 1 N–H and O–H groups in total. The maximum Gasteiger partial charge on any atom is 0.410 e. The van der Waals surface area contributed by atoms with Gasteiger partial charge >= 0.3 is 12.1 Å². The summed E-state index contributed by atoms with van der Waals surface area (Å²) < 4.78 is 5.72. The molecule has 0 spiro atoms. The van der Waals surface area contributed by atoms with Crippen LogP contribution in [0.25, 0.3) is 11.1 Å². The number of carboxylic acid groups (broad SMARTS) is 1. The molecule has 2 bridgehead atoms. The first-order valence-electron chi connectivity index (χ1n) is 10.3. The average molecular weight is 391 g/mol. The predicted octanol–water partition coefficient (Wildman–Crippen LogP) is 4.51. The molecule has 3 unspecified atom stereocenters. The van der Waals surface area contributed by atoms with Crippen LogP contribution in [0.4, 0.5) is 4.79 Å². The van der Waals surface area contributed by atoms with E-state index >= 15 is 0 Å². The Balaban J connectivity index is 1.37. The van der Waals surface area contributed by atoms with E-state index in [4.69, 9.17) is 4.74 Å². The fourth-order valence-electron chi connectivity index (χ4n) is 5.97. The lowest BCUT2D eigenvalue weighted by Crippen LogP contribution is -2.58. The van der Waals surface area contributed by atoms with E-state index in [0.717, 1.165) is 30.4 Å². The summed E-state index contributed by atoms with van der Waals surface area (Å²) in [5, 5.41) is 10.00. The number of hydrogen-bond acceptors (Lipinski definition) is 3. The summed E-state index contributed by atoms with van der Waals surface area (Å²) in [5.41, 5.74) is 3.53. The highest BCUT2D eigenvalue weighted by atomic mass is 16.6. The maximum atomic E-state index is 12.9. The molecule has 2 aromatic rings. The molecule has 2 aromatic carbocycles. The van der Waals surface area contributed by atoms with E-state index in [1.165, 1.54) is 16.0 Å². The minimum Gasteiger partial charge on any atom is -0.479 e. The molecule has 150 valence electrons. The van der Waals surface area contributed by atoms with Crippen LogP contribution in [-0.4, -0.2) is 41.3 Å². The van der Waals surface area contributed by atoms with Crippen LogP contribution in [0.2, 0.25) is 0 Å². The molecule has 5 nitrogen and oxygen atoms in total. The van der Waals surface area contributed by atoms with Crippen molar-refractivity contribution in [1.82, 2.24) is 4.90 Å². The molecular weight excluding hydrogens is 366 g/mol. The van der Waals surface area contributed by atoms with Crippen molar-refractivity contribution in [2.45, 2.75) is 37.1 Å². The Morgan fingerprint density at radius 1 is 1.07 bits per heavy atom. The van der Waals surface area contributed by atoms with Crippen LogP contribution in [0.3, 0.4) is 0 Å². The molecule has 5 rings (SSSR count). The quantitative estimate of drug-likeness (QED) is 0.833. The van der Waals surface area contributed by atoms with E-state index in [2.05, 4.69) is 24.3 Å². The van der Waals surface area contributed by atoms with Gasteiger partial charge in [0.2, 0.25) is 0 Å². The van der Waals surface area contributed by atoms with Gasteiger partial charge in [0.25, 0.3) is 0 Å². The fourth-order valence-corrected chi connectivity index (χ4v) is 5.97. The zero-order chi connectivity index (χ0) is 20.2. The third-order valence-corrected chi connectivity index (χ3v) is 7.40. The first kappa shape index (κ1) is 18.2. The van der Waals surface area contributed by atoms with Crippen molar-refractivity contribution >= 4 is 12.1 Å². The number of benzene rings is 2. The second-order valence-electron chi connectivity index (χ2n) is 8.67. The number of nitrogens with zero attached hydrogens (tertiary/aromatic N) is 1. The number of rotatable bonds is 4. The fraction of sp³-hybridized carbons (Fsp3) is 0.417. The Bertz CT molecular complexity index is 941. The smallest absolute Gasteiger partial charge is 0.410 e. The number of hydrogen-bond donors (Lipinski definition) is 1. The number of carbonyl (C=O) groups is 2. The molecule has 0 aromatic heterocycles. The van der Waals surface area contributed by atoms with Crippen LogP contribution in [0.15, 0.2) is 48.5 Å². The van der Waals surface area contributed by atoms with E-state index in [0.29, 0.717) is 12.3 Å². The van der Waals surface area contributed by atoms with Gasteiger partial charge in [-0.25, -0.2) is 9.59 Å². The molecule has 3 aliphatic rings. The molecule has 2 fully saturated rings. The van der Waals surface area contributed by atoms with Gasteiger partial charge in [-0.1, -0.05) is 48.5 Å². The number of carbonyl (C=O) groups excluding carboxylic acids is 1. The Kier molecular flexibility index (Phi) is 4.16. The first-order chi connectivity index (χ1) is 14.0. The molecular formula is C24H25NO4. The number of amides is 1. The van der Waals surface area contributed by atoms with Crippen LogP contribution in [0.5, 0.6) is 0 Å². The lowest BCUT2D eigenvalue weighted by molar-refractivity contribution is -0.153. The Morgan fingerprint density at radius 3 is 2.21 bits per heavy atom. The SMILES string of the molecule is CN(C(=O)OCC1c2ccccc2-c2ccccc21)C1(C(=O)O)CC2CCC1C2. The van der Waals surface area contributed by atoms with Gasteiger partial charge in [-0.2, -0.15) is 0 Å². The number of aliphatic carboxylic acids is 1. The summed E-state index contributed by atoms with van der Waals surface area (Å²) >= 11 is 0. The standard InChI is InChI=1S/C24H25NO4/c1-25(24(22(26)27)13-15-10-11-16(24)12-15)23(28)29-14-21-19-8-4-2-6-17(19)18-7-3-5-9-20(18)21/h2-9,15-16,21H,10-14H2,1H3,(H,26,27). The van der Waals surface area contributed by atoms with E-state index in [9.17, 15) is 14.7 Å². The minimum atomic E-state index is -1.12. The van der Waals surface area contributed by atoms with Gasteiger partial charge in [-0.15, -0.1) is 0 Å². The summed E-state index contributed by atoms with van der Waals surface area (Å²) in [5.74, 6) is -0.503. The van der Waals surface area contributed by atoms with Gasteiger partial charge in [0.05, 0.1) is 0 Å². The Morgan fingerprint density at radius 2 is 1.69 bits per heavy atom. The third kappa shape index (κ3) is 2.60. The number of fused-ring (bicyclic) bond motifs is 5. The van der Waals surface area contributed by atoms with E-state index in [1.54, 1.807) is 7.05 Å². The van der Waals surface area contributed by atoms with Gasteiger partial charge in [0.1, 0.15) is 12.1 Å².